The summed E-state index contributed by atoms with van der Waals surface area (Å²) in [7, 11) is 0. The van der Waals surface area contributed by atoms with E-state index in [1.165, 1.54) is 0 Å². The summed E-state index contributed by atoms with van der Waals surface area (Å²) in [6, 6.07) is 0. The van der Waals surface area contributed by atoms with Gasteiger partial charge in [-0.25, -0.2) is 0 Å². The molecule has 2 saturated heterocycles. The average Bonchev–Trinajstić information content (AvgIpc) is 2.58. The van der Waals surface area contributed by atoms with E-state index in [2.05, 4.69) is 0 Å². The van der Waals surface area contributed by atoms with Gasteiger partial charge in [-0.1, -0.05) is 0 Å². The number of likely N-dealkylation sites (tertiary alicyclic amines) is 1. The van der Waals surface area contributed by atoms with Crippen LogP contribution in [-0.2, 0) is 9.59 Å². The average molecular weight is 229 g/mol. The Bertz CT molecular complexity index is 302. The minimum absolute atomic E-state index is 0.0309. The van der Waals surface area contributed by atoms with Crippen LogP contribution >= 0.6 is 11.8 Å². The van der Waals surface area contributed by atoms with Gasteiger partial charge in [-0.15, -0.1) is 11.8 Å². The monoisotopic (exact) mass is 229 g/mol. The molecule has 0 unspecified atom stereocenters. The number of carbonyl (C=O) groups excluding carboxylic acids is 2. The van der Waals surface area contributed by atoms with Crippen molar-refractivity contribution in [2.45, 2.75) is 11.8 Å². The molecular weight excluding hydrogens is 214 g/mol. The van der Waals surface area contributed by atoms with Crippen LogP contribution in [0.3, 0.4) is 0 Å². The molecule has 2 aliphatic rings. The van der Waals surface area contributed by atoms with Gasteiger partial charge in [0.2, 0.25) is 11.8 Å². The lowest BCUT2D eigenvalue weighted by Gasteiger charge is -2.51. The Morgan fingerprint density at radius 1 is 1.47 bits per heavy atom. The van der Waals surface area contributed by atoms with E-state index in [-0.39, 0.29) is 23.2 Å². The third-order valence-electron chi connectivity index (χ3n) is 2.96. The van der Waals surface area contributed by atoms with E-state index in [0.717, 1.165) is 12.3 Å². The minimum atomic E-state index is -0.142. The predicted molar refractivity (Wildman–Crippen MR) is 58.2 cm³/mol. The van der Waals surface area contributed by atoms with E-state index < -0.39 is 0 Å². The Balaban J connectivity index is 2.00. The molecule has 2 heterocycles. The zero-order valence-electron chi connectivity index (χ0n) is 8.73. The molecule has 0 bridgehead atoms. The van der Waals surface area contributed by atoms with Crippen LogP contribution in [0.25, 0.3) is 0 Å². The molecule has 2 aliphatic heterocycles. The number of thioether (sulfide) groups is 1. The lowest BCUT2D eigenvalue weighted by atomic mass is 10.1. The minimum Gasteiger partial charge on any atom is -0.335 e. The van der Waals surface area contributed by atoms with Crippen molar-refractivity contribution in [1.29, 1.82) is 0 Å². The summed E-state index contributed by atoms with van der Waals surface area (Å²) >= 11 is 1.77. The topological polar surface area (TPSA) is 66.6 Å². The number of amides is 2. The number of nitrogens with zero attached hydrogens (tertiary/aromatic N) is 2. The first-order chi connectivity index (χ1) is 7.09. The van der Waals surface area contributed by atoms with Crippen LogP contribution in [-0.4, -0.2) is 58.4 Å². The third-order valence-corrected chi connectivity index (χ3v) is 4.36. The molecule has 0 aromatic carbocycles. The van der Waals surface area contributed by atoms with Crippen LogP contribution in [0.5, 0.6) is 0 Å². The van der Waals surface area contributed by atoms with Gasteiger partial charge in [0.05, 0.1) is 19.6 Å². The Hall–Kier alpha value is -0.750. The van der Waals surface area contributed by atoms with E-state index in [4.69, 9.17) is 5.73 Å². The summed E-state index contributed by atoms with van der Waals surface area (Å²) in [4.78, 5) is 26.1. The summed E-state index contributed by atoms with van der Waals surface area (Å²) < 4.78 is 0. The second-order valence-corrected chi connectivity index (χ2v) is 5.38. The zero-order valence-corrected chi connectivity index (χ0v) is 9.55. The van der Waals surface area contributed by atoms with Crippen molar-refractivity contribution in [2.24, 2.45) is 5.73 Å². The molecule has 2 fully saturated rings. The molecule has 2 N–H and O–H groups in total. The quantitative estimate of drug-likeness (QED) is 0.631. The largest absolute Gasteiger partial charge is 0.335 e. The first-order valence-corrected chi connectivity index (χ1v) is 5.98. The van der Waals surface area contributed by atoms with Gasteiger partial charge in [0, 0.05) is 19.2 Å². The molecule has 0 saturated carbocycles. The molecular formula is C9H15N3O2S. The summed E-state index contributed by atoms with van der Waals surface area (Å²) in [5, 5.41) is 0. The van der Waals surface area contributed by atoms with Gasteiger partial charge in [-0.05, 0) is 0 Å². The first-order valence-electron chi connectivity index (χ1n) is 4.99. The van der Waals surface area contributed by atoms with Crippen molar-refractivity contribution in [1.82, 2.24) is 9.80 Å². The molecule has 0 radical (unpaired) electrons. The molecule has 0 aliphatic carbocycles. The fourth-order valence-electron chi connectivity index (χ4n) is 2.17. The summed E-state index contributed by atoms with van der Waals surface area (Å²) in [6.45, 7) is 3.70. The molecule has 0 aromatic rings. The van der Waals surface area contributed by atoms with E-state index in [1.54, 1.807) is 23.6 Å². The van der Waals surface area contributed by atoms with Gasteiger partial charge >= 0.3 is 0 Å². The number of carbonyl (C=O) groups is 2. The second-order valence-electron chi connectivity index (χ2n) is 3.92. The highest BCUT2D eigenvalue weighted by molar-refractivity contribution is 8.01. The van der Waals surface area contributed by atoms with Crippen molar-refractivity contribution in [3.63, 3.8) is 0 Å². The van der Waals surface area contributed by atoms with E-state index in [0.29, 0.717) is 13.1 Å². The fourth-order valence-corrected chi connectivity index (χ4v) is 3.69. The zero-order chi connectivity index (χ0) is 11.1. The first kappa shape index (κ1) is 10.8. The highest BCUT2D eigenvalue weighted by Gasteiger charge is 2.53. The van der Waals surface area contributed by atoms with Crippen LogP contribution in [0.1, 0.15) is 6.92 Å². The maximum atomic E-state index is 11.4. The maximum absolute atomic E-state index is 11.4. The molecule has 2 rings (SSSR count). The Morgan fingerprint density at radius 3 is 2.67 bits per heavy atom. The van der Waals surface area contributed by atoms with Gasteiger partial charge in [0.25, 0.3) is 0 Å². The summed E-state index contributed by atoms with van der Waals surface area (Å²) in [5.74, 6) is 1.03. The van der Waals surface area contributed by atoms with E-state index >= 15 is 0 Å². The normalized spacial score (nSPS) is 23.1. The molecule has 0 atom stereocenters. The number of hydrogen-bond acceptors (Lipinski definition) is 4. The van der Waals surface area contributed by atoms with Crippen LogP contribution in [0, 0.1) is 0 Å². The van der Waals surface area contributed by atoms with Crippen LogP contribution in [0.15, 0.2) is 0 Å². The third kappa shape index (κ3) is 1.61. The SMILES string of the molecule is CC(=O)N1CCSC12CN(C(=O)CN)C2. The molecule has 1 spiro atoms. The van der Waals surface area contributed by atoms with Crippen molar-refractivity contribution in [2.75, 3.05) is 31.9 Å². The van der Waals surface area contributed by atoms with Crippen LogP contribution < -0.4 is 5.73 Å². The summed E-state index contributed by atoms with van der Waals surface area (Å²) in [5.41, 5.74) is 5.29. The van der Waals surface area contributed by atoms with Crippen molar-refractivity contribution in [3.05, 3.63) is 0 Å². The highest BCUT2D eigenvalue weighted by atomic mass is 32.2. The smallest absolute Gasteiger partial charge is 0.236 e. The maximum Gasteiger partial charge on any atom is 0.236 e. The lowest BCUT2D eigenvalue weighted by molar-refractivity contribution is -0.146. The van der Waals surface area contributed by atoms with Crippen molar-refractivity contribution in [3.8, 4) is 0 Å². The molecule has 6 heteroatoms. The second kappa shape index (κ2) is 3.68. The van der Waals surface area contributed by atoms with Crippen molar-refractivity contribution < 1.29 is 9.59 Å². The van der Waals surface area contributed by atoms with Crippen LogP contribution in [0.4, 0.5) is 0 Å². The molecule has 0 aromatic heterocycles. The Labute approximate surface area is 93.0 Å². The van der Waals surface area contributed by atoms with Gasteiger partial charge in [0.1, 0.15) is 4.87 Å². The molecule has 2 amide bonds. The lowest BCUT2D eigenvalue weighted by Crippen LogP contribution is -2.68. The molecule has 15 heavy (non-hydrogen) atoms. The van der Waals surface area contributed by atoms with E-state index in [1.807, 2.05) is 4.90 Å². The highest BCUT2D eigenvalue weighted by Crippen LogP contribution is 2.42. The van der Waals surface area contributed by atoms with Gasteiger partial charge in [-0.2, -0.15) is 0 Å². The number of nitrogens with two attached hydrogens (primary N) is 1. The number of rotatable bonds is 1. The molecule has 5 nitrogen and oxygen atoms in total. The Morgan fingerprint density at radius 2 is 2.13 bits per heavy atom. The summed E-state index contributed by atoms with van der Waals surface area (Å²) in [6.07, 6.45) is 0. The van der Waals surface area contributed by atoms with E-state index in [9.17, 15) is 9.59 Å². The predicted octanol–water partition coefficient (Wildman–Crippen LogP) is -0.921. The van der Waals surface area contributed by atoms with Gasteiger partial charge in [-0.3, -0.25) is 9.59 Å². The Kier molecular flexibility index (Phi) is 2.64. The standard InChI is InChI=1S/C9H15N3O2S/c1-7(13)12-2-3-15-9(12)5-11(6-9)8(14)4-10/h2-6,10H2,1H3. The fraction of sp³-hybridized carbons (Fsp3) is 0.778. The molecule has 84 valence electrons. The van der Waals surface area contributed by atoms with Crippen LogP contribution in [0.2, 0.25) is 0 Å². The number of hydrogen-bond donors (Lipinski definition) is 1. The van der Waals surface area contributed by atoms with Gasteiger partial charge in [0.15, 0.2) is 0 Å². The van der Waals surface area contributed by atoms with Crippen molar-refractivity contribution >= 4 is 23.6 Å². The van der Waals surface area contributed by atoms with Gasteiger partial charge < -0.3 is 15.5 Å².